The van der Waals surface area contributed by atoms with Crippen molar-refractivity contribution in [3.8, 4) is 0 Å². The normalized spacial score (nSPS) is 20.1. The van der Waals surface area contributed by atoms with E-state index in [-0.39, 0.29) is 5.91 Å². The first kappa shape index (κ1) is 13.0. The fourth-order valence-corrected chi connectivity index (χ4v) is 2.40. The molecule has 0 bridgehead atoms. The number of likely N-dealkylation sites (tertiary alicyclic amines) is 1. The molecule has 1 aliphatic rings. The zero-order valence-corrected chi connectivity index (χ0v) is 11.2. The summed E-state index contributed by atoms with van der Waals surface area (Å²) in [6, 6.07) is 1.99. The van der Waals surface area contributed by atoms with Crippen molar-refractivity contribution in [1.29, 1.82) is 0 Å². The summed E-state index contributed by atoms with van der Waals surface area (Å²) in [6.45, 7) is 6.27. The number of aryl methyl sites for hydroxylation is 2. The number of nitrogens with zero attached hydrogens (tertiary/aromatic N) is 3. The fraction of sp³-hybridized carbons (Fsp3) is 0.615. The largest absolute Gasteiger partial charge is 0.358 e. The quantitative estimate of drug-likeness (QED) is 0.852. The van der Waals surface area contributed by atoms with Gasteiger partial charge in [-0.1, -0.05) is 0 Å². The number of hydrogen-bond donors (Lipinski definition) is 1. The molecular formula is C13H20N4O. The van der Waals surface area contributed by atoms with Crippen LogP contribution in [0.1, 0.15) is 29.6 Å². The van der Waals surface area contributed by atoms with Crippen LogP contribution in [0.3, 0.4) is 0 Å². The third-order valence-electron chi connectivity index (χ3n) is 3.28. The lowest BCUT2D eigenvalue weighted by molar-refractivity contribution is -0.121. The van der Waals surface area contributed by atoms with Gasteiger partial charge in [0.2, 0.25) is 5.91 Å². The van der Waals surface area contributed by atoms with Crippen LogP contribution in [0, 0.1) is 13.8 Å². The molecule has 0 spiro atoms. The van der Waals surface area contributed by atoms with E-state index in [9.17, 15) is 4.79 Å². The molecule has 1 saturated heterocycles. The number of aromatic nitrogens is 2. The minimum Gasteiger partial charge on any atom is -0.358 e. The maximum absolute atomic E-state index is 11.3. The second kappa shape index (κ2) is 5.44. The Morgan fingerprint density at radius 3 is 2.72 bits per heavy atom. The van der Waals surface area contributed by atoms with Crippen molar-refractivity contribution < 1.29 is 4.79 Å². The zero-order chi connectivity index (χ0) is 13.1. The molecule has 1 aromatic heterocycles. The Labute approximate surface area is 108 Å². The van der Waals surface area contributed by atoms with Gasteiger partial charge < -0.3 is 5.32 Å². The molecule has 1 aromatic rings. The minimum atomic E-state index is 0.0667. The van der Waals surface area contributed by atoms with Crippen molar-refractivity contribution in [3.63, 3.8) is 0 Å². The van der Waals surface area contributed by atoms with E-state index >= 15 is 0 Å². The Morgan fingerprint density at radius 2 is 2.11 bits per heavy atom. The smallest absolute Gasteiger partial charge is 0.233 e. The highest BCUT2D eigenvalue weighted by Crippen LogP contribution is 2.24. The van der Waals surface area contributed by atoms with E-state index in [0.717, 1.165) is 36.7 Å². The SMILES string of the molecule is CNC(=O)CN1CC[C@H](c2nc(C)cc(C)n2)C1. The Bertz CT molecular complexity index is 426. The van der Waals surface area contributed by atoms with Gasteiger partial charge in [0, 0.05) is 30.9 Å². The number of likely N-dealkylation sites (N-methyl/N-ethyl adjacent to an activating group) is 1. The van der Waals surface area contributed by atoms with Crippen LogP contribution in [0.25, 0.3) is 0 Å². The molecule has 2 heterocycles. The summed E-state index contributed by atoms with van der Waals surface area (Å²) in [5.41, 5.74) is 2.03. The molecule has 0 aliphatic carbocycles. The molecule has 1 N–H and O–H groups in total. The van der Waals surface area contributed by atoms with E-state index in [1.165, 1.54) is 0 Å². The van der Waals surface area contributed by atoms with Gasteiger partial charge in [0.15, 0.2) is 0 Å². The van der Waals surface area contributed by atoms with Gasteiger partial charge in [-0.05, 0) is 32.9 Å². The van der Waals surface area contributed by atoms with Gasteiger partial charge in [0.05, 0.1) is 6.54 Å². The Morgan fingerprint density at radius 1 is 1.44 bits per heavy atom. The number of carbonyl (C=O) groups is 1. The molecule has 1 atom stereocenters. The van der Waals surface area contributed by atoms with E-state index in [0.29, 0.717) is 12.5 Å². The monoisotopic (exact) mass is 248 g/mol. The van der Waals surface area contributed by atoms with Crippen LogP contribution >= 0.6 is 0 Å². The van der Waals surface area contributed by atoms with E-state index in [4.69, 9.17) is 0 Å². The average molecular weight is 248 g/mol. The second-order valence-corrected chi connectivity index (χ2v) is 4.90. The summed E-state index contributed by atoms with van der Waals surface area (Å²) < 4.78 is 0. The third-order valence-corrected chi connectivity index (χ3v) is 3.28. The summed E-state index contributed by atoms with van der Waals surface area (Å²) in [5.74, 6) is 1.34. The maximum atomic E-state index is 11.3. The first-order chi connectivity index (χ1) is 8.58. The lowest BCUT2D eigenvalue weighted by Gasteiger charge is -2.14. The lowest BCUT2D eigenvalue weighted by Crippen LogP contribution is -2.34. The van der Waals surface area contributed by atoms with Crippen molar-refractivity contribution in [1.82, 2.24) is 20.2 Å². The molecule has 5 nitrogen and oxygen atoms in total. The molecular weight excluding hydrogens is 228 g/mol. The van der Waals surface area contributed by atoms with Crippen LogP contribution in [-0.2, 0) is 4.79 Å². The first-order valence-corrected chi connectivity index (χ1v) is 6.33. The van der Waals surface area contributed by atoms with E-state index in [2.05, 4.69) is 20.2 Å². The van der Waals surface area contributed by atoms with Crippen molar-refractivity contribution in [2.75, 3.05) is 26.7 Å². The second-order valence-electron chi connectivity index (χ2n) is 4.90. The van der Waals surface area contributed by atoms with E-state index < -0.39 is 0 Å². The Hall–Kier alpha value is -1.49. The highest BCUT2D eigenvalue weighted by molar-refractivity contribution is 5.77. The van der Waals surface area contributed by atoms with Gasteiger partial charge in [-0.3, -0.25) is 9.69 Å². The maximum Gasteiger partial charge on any atom is 0.233 e. The van der Waals surface area contributed by atoms with Crippen LogP contribution in [0.2, 0.25) is 0 Å². The zero-order valence-electron chi connectivity index (χ0n) is 11.2. The van der Waals surface area contributed by atoms with Crippen molar-refractivity contribution in [2.24, 2.45) is 0 Å². The average Bonchev–Trinajstić information content (AvgIpc) is 2.76. The summed E-state index contributed by atoms with van der Waals surface area (Å²) >= 11 is 0. The van der Waals surface area contributed by atoms with Gasteiger partial charge in [0.25, 0.3) is 0 Å². The molecule has 98 valence electrons. The molecule has 0 aromatic carbocycles. The third kappa shape index (κ3) is 3.04. The van der Waals surface area contributed by atoms with Gasteiger partial charge in [-0.2, -0.15) is 0 Å². The van der Waals surface area contributed by atoms with Crippen LogP contribution < -0.4 is 5.32 Å². The predicted octanol–water partition coefficient (Wildman–Crippen LogP) is 0.629. The van der Waals surface area contributed by atoms with Crippen LogP contribution in [-0.4, -0.2) is 47.5 Å². The number of amides is 1. The molecule has 1 fully saturated rings. The van der Waals surface area contributed by atoms with Crippen LogP contribution in [0.4, 0.5) is 0 Å². The summed E-state index contributed by atoms with van der Waals surface area (Å²) in [4.78, 5) is 22.5. The van der Waals surface area contributed by atoms with Gasteiger partial charge in [0.1, 0.15) is 5.82 Å². The molecule has 0 radical (unpaired) electrons. The van der Waals surface area contributed by atoms with Gasteiger partial charge in [-0.25, -0.2) is 9.97 Å². The fourth-order valence-electron chi connectivity index (χ4n) is 2.40. The molecule has 18 heavy (non-hydrogen) atoms. The van der Waals surface area contributed by atoms with E-state index in [1.54, 1.807) is 7.05 Å². The number of nitrogens with one attached hydrogen (secondary N) is 1. The number of hydrogen-bond acceptors (Lipinski definition) is 4. The summed E-state index contributed by atoms with van der Waals surface area (Å²) in [7, 11) is 1.67. The van der Waals surface area contributed by atoms with Crippen LogP contribution in [0.15, 0.2) is 6.07 Å². The van der Waals surface area contributed by atoms with Crippen LogP contribution in [0.5, 0.6) is 0 Å². The first-order valence-electron chi connectivity index (χ1n) is 6.33. The topological polar surface area (TPSA) is 58.1 Å². The summed E-state index contributed by atoms with van der Waals surface area (Å²) in [6.07, 6.45) is 1.03. The van der Waals surface area contributed by atoms with Gasteiger partial charge >= 0.3 is 0 Å². The van der Waals surface area contributed by atoms with E-state index in [1.807, 2.05) is 19.9 Å². The highest BCUT2D eigenvalue weighted by Gasteiger charge is 2.27. The predicted molar refractivity (Wildman–Crippen MR) is 69.4 cm³/mol. The van der Waals surface area contributed by atoms with Gasteiger partial charge in [-0.15, -0.1) is 0 Å². The molecule has 0 saturated carbocycles. The minimum absolute atomic E-state index is 0.0667. The number of rotatable bonds is 3. The molecule has 1 amide bonds. The number of carbonyl (C=O) groups excluding carboxylic acids is 1. The lowest BCUT2D eigenvalue weighted by atomic mass is 10.1. The standard InChI is InChI=1S/C13H20N4O/c1-9-6-10(2)16-13(15-9)11-4-5-17(7-11)8-12(18)14-3/h6,11H,4-5,7-8H2,1-3H3,(H,14,18)/t11-/m0/s1. The van der Waals surface area contributed by atoms with Crippen molar-refractivity contribution in [2.45, 2.75) is 26.2 Å². The molecule has 1 aliphatic heterocycles. The Balaban J connectivity index is 2.01. The summed E-state index contributed by atoms with van der Waals surface area (Å²) in [5, 5.41) is 2.65. The Kier molecular flexibility index (Phi) is 3.91. The molecule has 0 unspecified atom stereocenters. The molecule has 5 heteroatoms. The highest BCUT2D eigenvalue weighted by atomic mass is 16.1. The van der Waals surface area contributed by atoms with Crippen molar-refractivity contribution >= 4 is 5.91 Å². The molecule has 2 rings (SSSR count). The van der Waals surface area contributed by atoms with Crippen molar-refractivity contribution in [3.05, 3.63) is 23.3 Å².